The predicted molar refractivity (Wildman–Crippen MR) is 38.0 cm³/mol. The zero-order valence-corrected chi connectivity index (χ0v) is 6.74. The monoisotopic (exact) mass is 156 g/mol. The maximum Gasteiger partial charge on any atom is 0.311 e. The molecule has 3 nitrogen and oxygen atoms in total. The van der Waals surface area contributed by atoms with Gasteiger partial charge in [-0.15, -0.1) is 0 Å². The van der Waals surface area contributed by atoms with Crippen molar-refractivity contribution in [3.8, 4) is 0 Å². The summed E-state index contributed by atoms with van der Waals surface area (Å²) in [7, 11) is 0. The first-order valence-electron chi connectivity index (χ1n) is 4.04. The molecule has 0 aromatic rings. The van der Waals surface area contributed by atoms with Crippen molar-refractivity contribution in [2.75, 3.05) is 0 Å². The van der Waals surface area contributed by atoms with Crippen molar-refractivity contribution in [3.05, 3.63) is 0 Å². The number of rotatable bonds is 0. The molecule has 0 N–H and O–H groups in total. The van der Waals surface area contributed by atoms with Crippen LogP contribution in [0.1, 0.15) is 20.3 Å². The summed E-state index contributed by atoms with van der Waals surface area (Å²) in [6, 6.07) is 0. The van der Waals surface area contributed by atoms with Gasteiger partial charge >= 0.3 is 5.97 Å². The van der Waals surface area contributed by atoms with E-state index in [0.717, 1.165) is 6.42 Å². The number of ether oxygens (including phenoxy) is 2. The maximum absolute atomic E-state index is 11.1. The minimum Gasteiger partial charge on any atom is -0.459 e. The molecule has 0 aromatic heterocycles. The molecule has 11 heavy (non-hydrogen) atoms. The maximum atomic E-state index is 11.1. The van der Waals surface area contributed by atoms with Gasteiger partial charge in [0.1, 0.15) is 6.10 Å². The fraction of sp³-hybridized carbons (Fsp3) is 0.875. The molecule has 2 saturated heterocycles. The number of esters is 1. The van der Waals surface area contributed by atoms with E-state index >= 15 is 0 Å². The van der Waals surface area contributed by atoms with E-state index in [1.165, 1.54) is 0 Å². The van der Waals surface area contributed by atoms with Crippen LogP contribution in [0.15, 0.2) is 0 Å². The van der Waals surface area contributed by atoms with Crippen molar-refractivity contribution in [2.24, 2.45) is 5.92 Å². The molecule has 0 amide bonds. The first kappa shape index (κ1) is 7.10. The van der Waals surface area contributed by atoms with Crippen LogP contribution in [0, 0.1) is 5.92 Å². The highest BCUT2D eigenvalue weighted by atomic mass is 16.6. The van der Waals surface area contributed by atoms with Gasteiger partial charge in [-0.1, -0.05) is 0 Å². The SMILES string of the molecule is CC1OC2CC1OC(=O)C2C. The normalized spacial score (nSPS) is 49.1. The van der Waals surface area contributed by atoms with Gasteiger partial charge in [0.05, 0.1) is 18.1 Å². The zero-order valence-electron chi connectivity index (χ0n) is 6.74. The van der Waals surface area contributed by atoms with Gasteiger partial charge < -0.3 is 9.47 Å². The van der Waals surface area contributed by atoms with E-state index < -0.39 is 0 Å². The van der Waals surface area contributed by atoms with E-state index in [2.05, 4.69) is 0 Å². The summed E-state index contributed by atoms with van der Waals surface area (Å²) in [5, 5.41) is 0. The lowest BCUT2D eigenvalue weighted by Crippen LogP contribution is -2.34. The molecule has 0 aliphatic carbocycles. The summed E-state index contributed by atoms with van der Waals surface area (Å²) in [4.78, 5) is 11.1. The van der Waals surface area contributed by atoms with E-state index in [1.807, 2.05) is 13.8 Å². The van der Waals surface area contributed by atoms with Crippen molar-refractivity contribution in [3.63, 3.8) is 0 Å². The number of fused-ring (bicyclic) bond motifs is 2. The van der Waals surface area contributed by atoms with Crippen LogP contribution in [0.2, 0.25) is 0 Å². The molecule has 2 bridgehead atoms. The van der Waals surface area contributed by atoms with Gasteiger partial charge in [-0.25, -0.2) is 0 Å². The Hall–Kier alpha value is -0.570. The highest BCUT2D eigenvalue weighted by molar-refractivity contribution is 5.74. The first-order valence-corrected chi connectivity index (χ1v) is 4.04. The minimum absolute atomic E-state index is 0.0173. The van der Waals surface area contributed by atoms with Crippen LogP contribution < -0.4 is 0 Å². The van der Waals surface area contributed by atoms with Crippen LogP contribution in [0.4, 0.5) is 0 Å². The van der Waals surface area contributed by atoms with Gasteiger partial charge in [-0.3, -0.25) is 4.79 Å². The van der Waals surface area contributed by atoms with Crippen LogP contribution >= 0.6 is 0 Å². The Bertz CT molecular complexity index is 188. The average Bonchev–Trinajstić information content (AvgIpc) is 2.26. The van der Waals surface area contributed by atoms with Crippen LogP contribution in [0.25, 0.3) is 0 Å². The van der Waals surface area contributed by atoms with E-state index in [1.54, 1.807) is 0 Å². The van der Waals surface area contributed by atoms with Crippen molar-refractivity contribution in [1.29, 1.82) is 0 Å². The molecule has 2 aliphatic heterocycles. The van der Waals surface area contributed by atoms with Crippen molar-refractivity contribution in [2.45, 2.75) is 38.6 Å². The zero-order chi connectivity index (χ0) is 8.01. The summed E-state index contributed by atoms with van der Waals surface area (Å²) in [5.74, 6) is -0.174. The molecule has 2 aliphatic rings. The van der Waals surface area contributed by atoms with E-state index in [-0.39, 0.29) is 30.2 Å². The minimum atomic E-state index is -0.101. The van der Waals surface area contributed by atoms with Crippen LogP contribution in [-0.2, 0) is 14.3 Å². The lowest BCUT2D eigenvalue weighted by molar-refractivity contribution is -0.157. The lowest BCUT2D eigenvalue weighted by atomic mass is 9.98. The molecular formula is C8H12O3. The molecule has 4 atom stereocenters. The van der Waals surface area contributed by atoms with Crippen molar-refractivity contribution < 1.29 is 14.3 Å². The molecule has 4 unspecified atom stereocenters. The summed E-state index contributed by atoms with van der Waals surface area (Å²) in [5.41, 5.74) is 0. The Kier molecular flexibility index (Phi) is 1.42. The molecule has 62 valence electrons. The van der Waals surface area contributed by atoms with E-state index in [4.69, 9.17) is 9.47 Å². The lowest BCUT2D eigenvalue weighted by Gasteiger charge is -2.22. The Balaban J connectivity index is 2.18. The van der Waals surface area contributed by atoms with Crippen LogP contribution in [-0.4, -0.2) is 24.3 Å². The fourth-order valence-electron chi connectivity index (χ4n) is 1.71. The summed E-state index contributed by atoms with van der Waals surface area (Å²) < 4.78 is 10.7. The highest BCUT2D eigenvalue weighted by Gasteiger charge is 2.45. The predicted octanol–water partition coefficient (Wildman–Crippen LogP) is 0.725. The topological polar surface area (TPSA) is 35.5 Å². The fourth-order valence-corrected chi connectivity index (χ4v) is 1.71. The Labute approximate surface area is 65.7 Å². The molecule has 2 heterocycles. The third kappa shape index (κ3) is 0.948. The smallest absolute Gasteiger partial charge is 0.311 e. The molecule has 0 radical (unpaired) electrons. The molecule has 0 aromatic carbocycles. The van der Waals surface area contributed by atoms with Crippen LogP contribution in [0.5, 0.6) is 0 Å². The van der Waals surface area contributed by atoms with Crippen molar-refractivity contribution >= 4 is 5.97 Å². The molecule has 2 rings (SSSR count). The van der Waals surface area contributed by atoms with Crippen molar-refractivity contribution in [1.82, 2.24) is 0 Å². The van der Waals surface area contributed by atoms with Gasteiger partial charge in [-0.05, 0) is 13.8 Å². The van der Waals surface area contributed by atoms with Gasteiger partial charge in [0.25, 0.3) is 0 Å². The second-order valence-corrected chi connectivity index (χ2v) is 3.38. The second kappa shape index (κ2) is 2.21. The summed E-state index contributed by atoms with van der Waals surface area (Å²) in [6.07, 6.45) is 1.10. The Morgan fingerprint density at radius 2 is 2.09 bits per heavy atom. The van der Waals surface area contributed by atoms with Crippen LogP contribution in [0.3, 0.4) is 0 Å². The first-order chi connectivity index (χ1) is 5.18. The molecule has 0 spiro atoms. The number of hydrogen-bond acceptors (Lipinski definition) is 3. The largest absolute Gasteiger partial charge is 0.459 e. The third-order valence-electron chi connectivity index (χ3n) is 2.57. The number of carbonyl (C=O) groups is 1. The molecule has 0 saturated carbocycles. The third-order valence-corrected chi connectivity index (χ3v) is 2.57. The van der Waals surface area contributed by atoms with Gasteiger partial charge in [0, 0.05) is 6.42 Å². The summed E-state index contributed by atoms with van der Waals surface area (Å²) >= 11 is 0. The van der Waals surface area contributed by atoms with Gasteiger partial charge in [0.2, 0.25) is 0 Å². The van der Waals surface area contributed by atoms with E-state index in [9.17, 15) is 4.79 Å². The quantitative estimate of drug-likeness (QED) is 0.485. The average molecular weight is 156 g/mol. The molecule has 3 heteroatoms. The molecule has 2 fully saturated rings. The molecular weight excluding hydrogens is 144 g/mol. The van der Waals surface area contributed by atoms with Gasteiger partial charge in [-0.2, -0.15) is 0 Å². The Morgan fingerprint density at radius 3 is 2.82 bits per heavy atom. The second-order valence-electron chi connectivity index (χ2n) is 3.38. The number of carbonyl (C=O) groups excluding carboxylic acids is 1. The standard InChI is InChI=1S/C8H12O3/c1-4-6-3-7(5(2)10-6)11-8(4)9/h4-7H,3H2,1-2H3. The van der Waals surface area contributed by atoms with E-state index in [0.29, 0.717) is 0 Å². The Morgan fingerprint density at radius 1 is 1.36 bits per heavy atom. The summed E-state index contributed by atoms with van der Waals surface area (Å²) in [6.45, 7) is 3.82. The highest BCUT2D eigenvalue weighted by Crippen LogP contribution is 2.33. The van der Waals surface area contributed by atoms with Gasteiger partial charge in [0.15, 0.2) is 0 Å². The number of hydrogen-bond donors (Lipinski definition) is 0.